The molecule has 2 saturated heterocycles. The van der Waals surface area contributed by atoms with Crippen molar-refractivity contribution in [2.45, 2.75) is 36.1 Å². The first-order chi connectivity index (χ1) is 11.3. The van der Waals surface area contributed by atoms with Crippen LogP contribution >= 0.6 is 11.8 Å². The van der Waals surface area contributed by atoms with Crippen LogP contribution in [0.25, 0.3) is 6.08 Å². The number of carboxylic acids is 1. The Hall–Kier alpha value is -1.42. The van der Waals surface area contributed by atoms with Crippen molar-refractivity contribution in [1.82, 2.24) is 15.5 Å². The molecule has 1 aromatic rings. The van der Waals surface area contributed by atoms with E-state index in [1.165, 1.54) is 29.1 Å². The Labute approximate surface area is 170 Å². The van der Waals surface area contributed by atoms with Crippen molar-refractivity contribution in [3.63, 3.8) is 0 Å². The third-order valence-electron chi connectivity index (χ3n) is 3.96. The molecule has 2 N–H and O–H groups in total. The molecule has 1 aromatic heterocycles. The minimum atomic E-state index is -1.28. The number of rotatable bonds is 4. The van der Waals surface area contributed by atoms with Gasteiger partial charge < -0.3 is 29.9 Å². The number of fused-ring (bicyclic) bond motifs is 1. The number of carbonyl (C=O) groups is 3. The third-order valence-corrected chi connectivity index (χ3v) is 5.53. The summed E-state index contributed by atoms with van der Waals surface area (Å²) in [6.07, 6.45) is 4.47. The van der Waals surface area contributed by atoms with E-state index in [0.29, 0.717) is 5.76 Å². The predicted octanol–water partition coefficient (Wildman–Crippen LogP) is -3.27. The van der Waals surface area contributed by atoms with E-state index >= 15 is 0 Å². The maximum Gasteiger partial charge on any atom is 1.00 e. The smallest absolute Gasteiger partial charge is 0.548 e. The van der Waals surface area contributed by atoms with E-state index < -0.39 is 40.1 Å². The van der Waals surface area contributed by atoms with Gasteiger partial charge in [0.2, 0.25) is 5.91 Å². The number of amides is 3. The van der Waals surface area contributed by atoms with E-state index in [1.54, 1.807) is 32.1 Å². The third kappa shape index (κ3) is 3.74. The SMILES string of the molecule is CC1(C)SC2C(NC(=O)N/C=C/c3ccco3)C(=O)N2[C@H]1C(=O)[O-].[Na+]. The quantitative estimate of drug-likeness (QED) is 0.423. The average Bonchev–Trinajstić information content (AvgIpc) is 3.09. The van der Waals surface area contributed by atoms with Gasteiger partial charge in [0.25, 0.3) is 0 Å². The molecule has 2 unspecified atom stereocenters. The van der Waals surface area contributed by atoms with Gasteiger partial charge in [0.1, 0.15) is 17.2 Å². The summed E-state index contributed by atoms with van der Waals surface area (Å²) in [5.41, 5.74) is 0. The maximum atomic E-state index is 12.2. The Balaban J connectivity index is 0.00000225. The molecule has 0 spiro atoms. The van der Waals surface area contributed by atoms with Crippen LogP contribution in [0.5, 0.6) is 0 Å². The van der Waals surface area contributed by atoms with Crippen LogP contribution in [0.3, 0.4) is 0 Å². The summed E-state index contributed by atoms with van der Waals surface area (Å²) in [5.74, 6) is -1.13. The molecule has 8 nitrogen and oxygen atoms in total. The largest absolute Gasteiger partial charge is 1.00 e. The molecule has 10 heteroatoms. The molecule has 2 aliphatic rings. The zero-order valence-corrected chi connectivity index (χ0v) is 16.8. The van der Waals surface area contributed by atoms with Crippen molar-refractivity contribution < 1.29 is 53.5 Å². The Morgan fingerprint density at radius 3 is 2.76 bits per heavy atom. The van der Waals surface area contributed by atoms with Gasteiger partial charge in [-0.25, -0.2) is 4.79 Å². The van der Waals surface area contributed by atoms with Crippen LogP contribution in [0, 0.1) is 0 Å². The van der Waals surface area contributed by atoms with Crippen LogP contribution in [0.1, 0.15) is 19.6 Å². The van der Waals surface area contributed by atoms with Gasteiger partial charge in [-0.05, 0) is 32.1 Å². The molecule has 3 amide bonds. The minimum Gasteiger partial charge on any atom is -0.548 e. The van der Waals surface area contributed by atoms with Gasteiger partial charge in [-0.2, -0.15) is 0 Å². The van der Waals surface area contributed by atoms with Gasteiger partial charge in [0.15, 0.2) is 0 Å². The standard InChI is InChI=1S/C15H17N3O5S.Na/c1-15(2)10(13(20)21)18-11(19)9(12(18)24-15)17-14(22)16-6-5-8-4-3-7-23-8;/h3-7,9-10,12H,1-2H3,(H,20,21)(H2,16,17,22);/q;+1/p-1/b6-5+;/t9?,10-,12?;/m0./s1. The fourth-order valence-electron chi connectivity index (χ4n) is 2.89. The first-order valence-corrected chi connectivity index (χ1v) is 8.17. The Bertz CT molecular complexity index is 706. The van der Waals surface area contributed by atoms with Gasteiger partial charge in [0.05, 0.1) is 18.3 Å². The van der Waals surface area contributed by atoms with E-state index in [1.807, 2.05) is 0 Å². The molecule has 0 bridgehead atoms. The Kier molecular flexibility index (Phi) is 5.93. The predicted molar refractivity (Wildman–Crippen MR) is 84.3 cm³/mol. The fourth-order valence-corrected chi connectivity index (χ4v) is 4.52. The number of hydrogen-bond donors (Lipinski definition) is 2. The number of nitrogens with one attached hydrogen (secondary N) is 2. The van der Waals surface area contributed by atoms with E-state index in [-0.39, 0.29) is 29.6 Å². The van der Waals surface area contributed by atoms with Crippen molar-refractivity contribution in [3.8, 4) is 0 Å². The Morgan fingerprint density at radius 2 is 2.16 bits per heavy atom. The second-order valence-electron chi connectivity index (χ2n) is 6.02. The Morgan fingerprint density at radius 1 is 1.44 bits per heavy atom. The topological polar surface area (TPSA) is 115 Å². The molecule has 3 rings (SSSR count). The first-order valence-electron chi connectivity index (χ1n) is 7.29. The number of carbonyl (C=O) groups excluding carboxylic acids is 3. The van der Waals surface area contributed by atoms with E-state index in [0.717, 1.165) is 0 Å². The molecule has 0 aliphatic carbocycles. The summed E-state index contributed by atoms with van der Waals surface area (Å²) in [6, 6.07) is 1.14. The van der Waals surface area contributed by atoms with Crippen LogP contribution in [0.4, 0.5) is 4.79 Å². The molecule has 0 aromatic carbocycles. The molecule has 2 aliphatic heterocycles. The first kappa shape index (κ1) is 19.9. The van der Waals surface area contributed by atoms with Gasteiger partial charge in [-0.3, -0.25) is 4.79 Å². The molecule has 25 heavy (non-hydrogen) atoms. The van der Waals surface area contributed by atoms with E-state index in [2.05, 4.69) is 10.6 Å². The van der Waals surface area contributed by atoms with Crippen LogP contribution < -0.4 is 45.3 Å². The molecule has 3 atom stereocenters. The number of β-lactam (4-membered cyclic amide) rings is 1. The summed E-state index contributed by atoms with van der Waals surface area (Å²) >= 11 is 1.34. The van der Waals surface area contributed by atoms with Crippen LogP contribution in [-0.2, 0) is 9.59 Å². The second kappa shape index (κ2) is 7.45. The van der Waals surface area contributed by atoms with Crippen LogP contribution in [0.2, 0.25) is 0 Å². The number of nitrogens with zero attached hydrogens (tertiary/aromatic N) is 1. The summed E-state index contributed by atoms with van der Waals surface area (Å²) in [6.45, 7) is 3.49. The zero-order valence-electron chi connectivity index (χ0n) is 14.0. The van der Waals surface area contributed by atoms with Crippen molar-refractivity contribution in [2.75, 3.05) is 0 Å². The number of urea groups is 1. The molecule has 3 heterocycles. The van der Waals surface area contributed by atoms with Gasteiger partial charge >= 0.3 is 35.6 Å². The number of hydrogen-bond acceptors (Lipinski definition) is 6. The van der Waals surface area contributed by atoms with Crippen molar-refractivity contribution in [1.29, 1.82) is 0 Å². The summed E-state index contributed by atoms with van der Waals surface area (Å²) < 4.78 is 4.40. The van der Waals surface area contributed by atoms with E-state index in [4.69, 9.17) is 4.42 Å². The zero-order chi connectivity index (χ0) is 17.5. The minimum absolute atomic E-state index is 0. The monoisotopic (exact) mass is 373 g/mol. The summed E-state index contributed by atoms with van der Waals surface area (Å²) in [4.78, 5) is 36.6. The molecule has 0 radical (unpaired) electrons. The molecular formula is C15H16N3NaO5S. The fraction of sp³-hybridized carbons (Fsp3) is 0.400. The van der Waals surface area contributed by atoms with Gasteiger partial charge in [-0.1, -0.05) is 0 Å². The number of furan rings is 1. The number of carboxylic acid groups (broad SMARTS) is 1. The summed E-state index contributed by atoms with van der Waals surface area (Å²) in [5, 5.41) is 15.9. The van der Waals surface area contributed by atoms with Crippen LogP contribution in [-0.4, -0.2) is 45.0 Å². The second-order valence-corrected chi connectivity index (χ2v) is 7.79. The molecule has 2 fully saturated rings. The normalized spacial score (nSPS) is 26.6. The molecule has 0 saturated carbocycles. The summed E-state index contributed by atoms with van der Waals surface area (Å²) in [7, 11) is 0. The van der Waals surface area contributed by atoms with Crippen LogP contribution in [0.15, 0.2) is 29.0 Å². The number of aliphatic carboxylic acids is 1. The van der Waals surface area contributed by atoms with Gasteiger partial charge in [-0.15, -0.1) is 11.8 Å². The van der Waals surface area contributed by atoms with E-state index in [9.17, 15) is 19.5 Å². The molecule has 128 valence electrons. The number of thioether (sulfide) groups is 1. The van der Waals surface area contributed by atoms with Crippen molar-refractivity contribution in [2.24, 2.45) is 0 Å². The average molecular weight is 373 g/mol. The maximum absolute atomic E-state index is 12.2. The van der Waals surface area contributed by atoms with Crippen molar-refractivity contribution in [3.05, 3.63) is 30.4 Å². The van der Waals surface area contributed by atoms with Gasteiger partial charge in [0, 0.05) is 10.9 Å². The molecular weight excluding hydrogens is 357 g/mol. The van der Waals surface area contributed by atoms with Crippen molar-refractivity contribution >= 4 is 35.7 Å².